The predicted molar refractivity (Wildman–Crippen MR) is 118 cm³/mol. The maximum absolute atomic E-state index is 13.2. The maximum Gasteiger partial charge on any atom is 0.389 e. The summed E-state index contributed by atoms with van der Waals surface area (Å²) in [6.07, 6.45) is -3.39. The van der Waals surface area contributed by atoms with Crippen molar-refractivity contribution in [2.45, 2.75) is 32.0 Å². The van der Waals surface area contributed by atoms with Gasteiger partial charge in [-0.25, -0.2) is 0 Å². The number of hydrogen-bond donors (Lipinski definition) is 1. The minimum absolute atomic E-state index is 0.000419. The van der Waals surface area contributed by atoms with E-state index in [1.54, 1.807) is 42.5 Å². The summed E-state index contributed by atoms with van der Waals surface area (Å²) >= 11 is 0. The zero-order chi connectivity index (χ0) is 24.3. The molecule has 2 aromatic carbocycles. The minimum Gasteiger partial charge on any atom is -0.322 e. The van der Waals surface area contributed by atoms with Gasteiger partial charge in [0, 0.05) is 24.3 Å². The van der Waals surface area contributed by atoms with E-state index in [4.69, 9.17) is 5.26 Å². The third kappa shape index (κ3) is 5.09. The number of aryl methyl sites for hydroxylation is 1. The zero-order valence-corrected chi connectivity index (χ0v) is 18.0. The number of rotatable bonds is 6. The number of anilines is 2. The number of fused-ring (bicyclic) bond motifs is 1. The molecule has 2 heterocycles. The quantitative estimate of drug-likeness (QED) is 0.576. The van der Waals surface area contributed by atoms with E-state index < -0.39 is 24.4 Å². The molecule has 0 fully saturated rings. The maximum atomic E-state index is 13.2. The second kappa shape index (κ2) is 9.39. The molecule has 3 aromatic rings. The number of nitriles is 1. The van der Waals surface area contributed by atoms with Gasteiger partial charge in [-0.3, -0.25) is 14.3 Å². The predicted octanol–water partition coefficient (Wildman–Crippen LogP) is 4.55. The van der Waals surface area contributed by atoms with E-state index in [-0.39, 0.29) is 24.1 Å². The van der Waals surface area contributed by atoms with Crippen LogP contribution in [0.2, 0.25) is 0 Å². The number of halogens is 3. The molecule has 1 aliphatic heterocycles. The highest BCUT2D eigenvalue weighted by Crippen LogP contribution is 2.26. The van der Waals surface area contributed by atoms with Crippen molar-refractivity contribution in [3.63, 3.8) is 0 Å². The van der Waals surface area contributed by atoms with Crippen LogP contribution in [-0.4, -0.2) is 34.3 Å². The highest BCUT2D eigenvalue weighted by atomic mass is 19.4. The van der Waals surface area contributed by atoms with Crippen LogP contribution in [0.1, 0.15) is 44.8 Å². The lowest BCUT2D eigenvalue weighted by molar-refractivity contribution is -0.135. The molecule has 0 spiro atoms. The molecule has 2 amide bonds. The molecule has 1 aliphatic rings. The van der Waals surface area contributed by atoms with Crippen molar-refractivity contribution < 1.29 is 22.8 Å². The van der Waals surface area contributed by atoms with E-state index in [9.17, 15) is 22.8 Å². The molecule has 1 aromatic heterocycles. The fraction of sp³-hybridized carbons (Fsp3) is 0.250. The summed E-state index contributed by atoms with van der Waals surface area (Å²) in [6, 6.07) is 15.2. The Morgan fingerprint density at radius 3 is 2.62 bits per heavy atom. The monoisotopic (exact) mass is 467 g/mol. The summed E-state index contributed by atoms with van der Waals surface area (Å²) in [7, 11) is 0. The van der Waals surface area contributed by atoms with Gasteiger partial charge in [0.1, 0.15) is 5.69 Å². The summed E-state index contributed by atoms with van der Waals surface area (Å²) < 4.78 is 38.5. The molecule has 174 valence electrons. The van der Waals surface area contributed by atoms with Crippen molar-refractivity contribution in [1.82, 2.24) is 9.78 Å². The van der Waals surface area contributed by atoms with E-state index in [0.29, 0.717) is 30.0 Å². The van der Waals surface area contributed by atoms with E-state index in [2.05, 4.69) is 10.4 Å². The number of carbonyl (C=O) groups is 2. The number of alkyl halides is 3. The third-order valence-electron chi connectivity index (χ3n) is 5.49. The summed E-state index contributed by atoms with van der Waals surface area (Å²) in [6.45, 7) is 0.720. The summed E-state index contributed by atoms with van der Waals surface area (Å²) in [5.41, 5.74) is 2.41. The van der Waals surface area contributed by atoms with Crippen molar-refractivity contribution >= 4 is 23.2 Å². The van der Waals surface area contributed by atoms with Crippen LogP contribution in [0, 0.1) is 11.3 Å². The van der Waals surface area contributed by atoms with Crippen LogP contribution in [0.25, 0.3) is 0 Å². The minimum atomic E-state index is -4.17. The average molecular weight is 467 g/mol. The Bertz CT molecular complexity index is 1260. The molecule has 0 bridgehead atoms. The second-order valence-electron chi connectivity index (χ2n) is 7.87. The lowest BCUT2D eigenvalue weighted by atomic mass is 10.1. The van der Waals surface area contributed by atoms with Crippen LogP contribution in [0.15, 0.2) is 54.7 Å². The molecular formula is C24H20F3N5O2. The number of nitrogens with one attached hydrogen (secondary N) is 1. The Kier molecular flexibility index (Phi) is 6.36. The zero-order valence-electron chi connectivity index (χ0n) is 18.0. The van der Waals surface area contributed by atoms with Gasteiger partial charge < -0.3 is 10.2 Å². The van der Waals surface area contributed by atoms with Gasteiger partial charge in [-0.2, -0.15) is 23.5 Å². The Morgan fingerprint density at radius 1 is 1.15 bits per heavy atom. The topological polar surface area (TPSA) is 91.0 Å². The highest BCUT2D eigenvalue weighted by molar-refractivity contribution is 6.15. The van der Waals surface area contributed by atoms with Gasteiger partial charge in [-0.05, 0) is 48.7 Å². The first-order chi connectivity index (χ1) is 16.2. The van der Waals surface area contributed by atoms with Gasteiger partial charge in [-0.1, -0.05) is 18.2 Å². The molecule has 0 saturated heterocycles. The van der Waals surface area contributed by atoms with Gasteiger partial charge in [0.05, 0.1) is 29.9 Å². The fourth-order valence-electron chi connectivity index (χ4n) is 3.82. The van der Waals surface area contributed by atoms with Crippen LogP contribution in [0.4, 0.5) is 24.5 Å². The number of benzene rings is 2. The largest absolute Gasteiger partial charge is 0.389 e. The summed E-state index contributed by atoms with van der Waals surface area (Å²) in [5.74, 6) is -0.920. The van der Waals surface area contributed by atoms with E-state index >= 15 is 0 Å². The van der Waals surface area contributed by atoms with Gasteiger partial charge in [0.15, 0.2) is 0 Å². The number of nitrogens with zero attached hydrogens (tertiary/aromatic N) is 4. The molecule has 0 unspecified atom stereocenters. The van der Waals surface area contributed by atoms with E-state index in [0.717, 1.165) is 5.56 Å². The first kappa shape index (κ1) is 23.0. The van der Waals surface area contributed by atoms with Crippen molar-refractivity contribution in [3.8, 4) is 6.07 Å². The SMILES string of the molecule is N#Cc1cccc(NC(=O)c2cnn3c2C(=O)N(c2ccc(CCCC(F)(F)F)cc2)CC3)c1. The number of carbonyl (C=O) groups excluding carboxylic acids is 2. The standard InChI is InChI=1S/C24H20F3N5O2/c25-24(26,27)10-2-4-16-6-8-19(9-7-16)31-11-12-32-21(23(31)34)20(15-29-32)22(33)30-18-5-1-3-17(13-18)14-28/h1,3,5-9,13,15H,2,4,10-12H2,(H,30,33). The van der Waals surface area contributed by atoms with Gasteiger partial charge in [0.25, 0.3) is 11.8 Å². The molecule has 0 atom stereocenters. The van der Waals surface area contributed by atoms with E-state index in [1.807, 2.05) is 6.07 Å². The first-order valence-electron chi connectivity index (χ1n) is 10.6. The lowest BCUT2D eigenvalue weighted by Crippen LogP contribution is -2.41. The average Bonchev–Trinajstić information content (AvgIpc) is 3.25. The smallest absolute Gasteiger partial charge is 0.322 e. The molecule has 0 saturated carbocycles. The van der Waals surface area contributed by atoms with Crippen molar-refractivity contribution in [2.24, 2.45) is 0 Å². The Balaban J connectivity index is 1.48. The van der Waals surface area contributed by atoms with E-state index in [1.165, 1.54) is 21.8 Å². The second-order valence-corrected chi connectivity index (χ2v) is 7.87. The normalized spacial score (nSPS) is 13.4. The van der Waals surface area contributed by atoms with Crippen LogP contribution < -0.4 is 10.2 Å². The molecule has 4 rings (SSSR count). The van der Waals surface area contributed by atoms with Crippen LogP contribution in [0.3, 0.4) is 0 Å². The number of aromatic nitrogens is 2. The van der Waals surface area contributed by atoms with Crippen LogP contribution in [-0.2, 0) is 13.0 Å². The van der Waals surface area contributed by atoms with Crippen molar-refractivity contribution in [3.05, 3.63) is 77.1 Å². The van der Waals surface area contributed by atoms with Gasteiger partial charge in [0.2, 0.25) is 0 Å². The summed E-state index contributed by atoms with van der Waals surface area (Å²) in [5, 5.41) is 15.9. The van der Waals surface area contributed by atoms with Crippen LogP contribution >= 0.6 is 0 Å². The molecule has 1 N–H and O–H groups in total. The first-order valence-corrected chi connectivity index (χ1v) is 10.6. The summed E-state index contributed by atoms with van der Waals surface area (Å²) in [4.78, 5) is 27.6. The van der Waals surface area contributed by atoms with Crippen LogP contribution in [0.5, 0.6) is 0 Å². The Labute approximate surface area is 193 Å². The Morgan fingerprint density at radius 2 is 1.91 bits per heavy atom. The number of amides is 2. The molecule has 34 heavy (non-hydrogen) atoms. The lowest BCUT2D eigenvalue weighted by Gasteiger charge is -2.28. The molecule has 0 aliphatic carbocycles. The van der Waals surface area contributed by atoms with Gasteiger partial charge >= 0.3 is 6.18 Å². The third-order valence-corrected chi connectivity index (χ3v) is 5.49. The van der Waals surface area contributed by atoms with Crippen molar-refractivity contribution in [2.75, 3.05) is 16.8 Å². The highest BCUT2D eigenvalue weighted by Gasteiger charge is 2.32. The Hall–Kier alpha value is -4.13. The van der Waals surface area contributed by atoms with Crippen molar-refractivity contribution in [1.29, 1.82) is 5.26 Å². The molecular weight excluding hydrogens is 447 g/mol. The molecule has 0 radical (unpaired) electrons. The molecule has 10 heteroatoms. The fourth-order valence-corrected chi connectivity index (χ4v) is 3.82. The molecule has 7 nitrogen and oxygen atoms in total. The number of hydrogen-bond acceptors (Lipinski definition) is 4. The van der Waals surface area contributed by atoms with Gasteiger partial charge in [-0.15, -0.1) is 0 Å².